The molecule has 3 aromatic rings. The topological polar surface area (TPSA) is 95.2 Å². The lowest BCUT2D eigenvalue weighted by atomic mass is 9.96. The fourth-order valence-electron chi connectivity index (χ4n) is 3.53. The fourth-order valence-corrected chi connectivity index (χ4v) is 4.15. The van der Waals surface area contributed by atoms with Gasteiger partial charge in [0.15, 0.2) is 0 Å². The molecule has 0 spiro atoms. The molecule has 0 bridgehead atoms. The molecule has 30 heavy (non-hydrogen) atoms. The summed E-state index contributed by atoms with van der Waals surface area (Å²) in [6, 6.07) is 5.83. The van der Waals surface area contributed by atoms with Gasteiger partial charge < -0.3 is 15.2 Å². The van der Waals surface area contributed by atoms with E-state index < -0.39 is 23.2 Å². The zero-order valence-electron chi connectivity index (χ0n) is 16.2. The van der Waals surface area contributed by atoms with Crippen molar-refractivity contribution in [2.75, 3.05) is 6.54 Å². The average Bonchev–Trinajstić information content (AvgIpc) is 3.16. The Labute approximate surface area is 175 Å². The van der Waals surface area contributed by atoms with Crippen LogP contribution in [0.3, 0.4) is 0 Å². The number of aromatic nitrogens is 2. The summed E-state index contributed by atoms with van der Waals surface area (Å²) in [5, 5.41) is 5.49. The molecule has 1 aliphatic heterocycles. The number of benzene rings is 1. The molecule has 0 atom stereocenters. The molecule has 7 nitrogen and oxygen atoms in total. The number of fused-ring (bicyclic) bond motifs is 1. The standard InChI is InChI=1S/C21H19FN4O3S/c1-12-25-14(11-30-12)9-24-20(28)18-15-6-7-26(10-13(15)8-23-19(18)27)21(29)16-4-2-3-5-17(16)22/h2-5,8,11H,6-7,9-10H2,1H3,(H,23,27)(H,24,28). The van der Waals surface area contributed by atoms with Gasteiger partial charge in [0, 0.05) is 24.7 Å². The molecule has 2 amide bonds. The Balaban J connectivity index is 1.55. The highest BCUT2D eigenvalue weighted by Gasteiger charge is 2.28. The first-order chi connectivity index (χ1) is 14.4. The van der Waals surface area contributed by atoms with E-state index in [-0.39, 0.29) is 30.8 Å². The fraction of sp³-hybridized carbons (Fsp3) is 0.238. The van der Waals surface area contributed by atoms with E-state index >= 15 is 0 Å². The quantitative estimate of drug-likeness (QED) is 0.670. The predicted octanol–water partition coefficient (Wildman–Crippen LogP) is 2.41. The minimum Gasteiger partial charge on any atom is -0.346 e. The number of aromatic amines is 1. The Morgan fingerprint density at radius 1 is 1.33 bits per heavy atom. The lowest BCUT2D eigenvalue weighted by Gasteiger charge is -2.29. The lowest BCUT2D eigenvalue weighted by Crippen LogP contribution is -2.39. The van der Waals surface area contributed by atoms with Gasteiger partial charge in [0.2, 0.25) is 0 Å². The van der Waals surface area contributed by atoms with E-state index in [4.69, 9.17) is 0 Å². The molecule has 2 aromatic heterocycles. The van der Waals surface area contributed by atoms with Crippen LogP contribution in [-0.4, -0.2) is 33.2 Å². The number of thiazole rings is 1. The summed E-state index contributed by atoms with van der Waals surface area (Å²) in [5.41, 5.74) is 1.59. The van der Waals surface area contributed by atoms with Crippen molar-refractivity contribution in [3.05, 3.63) is 85.0 Å². The number of nitrogens with one attached hydrogen (secondary N) is 2. The maximum absolute atomic E-state index is 14.0. The van der Waals surface area contributed by atoms with Crippen LogP contribution in [0.15, 0.2) is 40.6 Å². The SMILES string of the molecule is Cc1nc(CNC(=O)c2c3c(c[nH]c2=O)CN(C(=O)c2ccccc2F)CC3)cs1. The van der Waals surface area contributed by atoms with E-state index in [1.165, 1.54) is 40.6 Å². The number of hydrogen-bond donors (Lipinski definition) is 2. The Morgan fingerprint density at radius 2 is 2.13 bits per heavy atom. The van der Waals surface area contributed by atoms with Crippen molar-refractivity contribution in [1.82, 2.24) is 20.2 Å². The molecule has 0 saturated carbocycles. The van der Waals surface area contributed by atoms with Crippen LogP contribution in [0.4, 0.5) is 4.39 Å². The summed E-state index contributed by atoms with van der Waals surface area (Å²) >= 11 is 1.49. The molecule has 1 aliphatic rings. The molecule has 154 valence electrons. The van der Waals surface area contributed by atoms with E-state index in [0.717, 1.165) is 10.7 Å². The Hall–Kier alpha value is -3.33. The number of rotatable bonds is 4. The van der Waals surface area contributed by atoms with Gasteiger partial charge in [0.1, 0.15) is 11.4 Å². The van der Waals surface area contributed by atoms with Gasteiger partial charge in [0.05, 0.1) is 22.8 Å². The van der Waals surface area contributed by atoms with Crippen LogP contribution in [0.5, 0.6) is 0 Å². The van der Waals surface area contributed by atoms with Gasteiger partial charge in [-0.05, 0) is 36.6 Å². The zero-order chi connectivity index (χ0) is 21.3. The van der Waals surface area contributed by atoms with Gasteiger partial charge >= 0.3 is 0 Å². The maximum Gasteiger partial charge on any atom is 0.261 e. The van der Waals surface area contributed by atoms with Crippen LogP contribution in [0.1, 0.15) is 42.5 Å². The summed E-state index contributed by atoms with van der Waals surface area (Å²) in [4.78, 5) is 46.2. The minimum absolute atomic E-state index is 0.00176. The van der Waals surface area contributed by atoms with Crippen molar-refractivity contribution in [1.29, 1.82) is 0 Å². The van der Waals surface area contributed by atoms with E-state index in [0.29, 0.717) is 17.5 Å². The van der Waals surface area contributed by atoms with Crippen molar-refractivity contribution in [3.63, 3.8) is 0 Å². The summed E-state index contributed by atoms with van der Waals surface area (Å²) in [7, 11) is 0. The van der Waals surface area contributed by atoms with Crippen molar-refractivity contribution in [2.24, 2.45) is 0 Å². The molecule has 0 unspecified atom stereocenters. The maximum atomic E-state index is 14.0. The van der Waals surface area contributed by atoms with Gasteiger partial charge in [-0.1, -0.05) is 12.1 Å². The van der Waals surface area contributed by atoms with Crippen molar-refractivity contribution < 1.29 is 14.0 Å². The third kappa shape index (κ3) is 3.88. The van der Waals surface area contributed by atoms with Crippen LogP contribution in [0.25, 0.3) is 0 Å². The second-order valence-electron chi connectivity index (χ2n) is 6.99. The molecule has 1 aromatic carbocycles. The zero-order valence-corrected chi connectivity index (χ0v) is 17.0. The third-order valence-corrected chi connectivity index (χ3v) is 5.82. The van der Waals surface area contributed by atoms with Crippen LogP contribution in [0.2, 0.25) is 0 Å². The summed E-state index contributed by atoms with van der Waals surface area (Å²) in [6.45, 7) is 2.58. The number of aryl methyl sites for hydroxylation is 1. The first-order valence-corrected chi connectivity index (χ1v) is 10.3. The molecule has 9 heteroatoms. The molecule has 0 aliphatic carbocycles. The minimum atomic E-state index is -0.577. The second kappa shape index (κ2) is 8.19. The van der Waals surface area contributed by atoms with Crippen molar-refractivity contribution >= 4 is 23.2 Å². The van der Waals surface area contributed by atoms with Crippen molar-refractivity contribution in [3.8, 4) is 0 Å². The van der Waals surface area contributed by atoms with Gasteiger partial charge in [-0.3, -0.25) is 14.4 Å². The highest BCUT2D eigenvalue weighted by molar-refractivity contribution is 7.09. The van der Waals surface area contributed by atoms with Crippen molar-refractivity contribution in [2.45, 2.75) is 26.4 Å². The van der Waals surface area contributed by atoms with E-state index in [2.05, 4.69) is 15.3 Å². The Bertz CT molecular complexity index is 1190. The number of nitrogens with zero attached hydrogens (tertiary/aromatic N) is 2. The smallest absolute Gasteiger partial charge is 0.261 e. The van der Waals surface area contributed by atoms with Gasteiger partial charge in [-0.15, -0.1) is 11.3 Å². The van der Waals surface area contributed by atoms with Crippen LogP contribution >= 0.6 is 11.3 Å². The van der Waals surface area contributed by atoms with Gasteiger partial charge in [-0.2, -0.15) is 0 Å². The Morgan fingerprint density at radius 3 is 2.87 bits per heavy atom. The predicted molar refractivity (Wildman–Crippen MR) is 110 cm³/mol. The van der Waals surface area contributed by atoms with E-state index in [1.807, 2.05) is 12.3 Å². The first-order valence-electron chi connectivity index (χ1n) is 9.40. The monoisotopic (exact) mass is 426 g/mol. The lowest BCUT2D eigenvalue weighted by molar-refractivity contribution is 0.0729. The van der Waals surface area contributed by atoms with Gasteiger partial charge in [-0.25, -0.2) is 9.37 Å². The second-order valence-corrected chi connectivity index (χ2v) is 8.06. The number of carbonyl (C=O) groups excluding carboxylic acids is 2. The molecule has 3 heterocycles. The first kappa shape index (κ1) is 20.0. The molecule has 0 saturated heterocycles. The van der Waals surface area contributed by atoms with Gasteiger partial charge in [0.25, 0.3) is 17.4 Å². The largest absolute Gasteiger partial charge is 0.346 e. The summed E-state index contributed by atoms with van der Waals surface area (Å²) in [5.74, 6) is -1.48. The number of hydrogen-bond acceptors (Lipinski definition) is 5. The number of amides is 2. The Kier molecular flexibility index (Phi) is 5.45. The average molecular weight is 426 g/mol. The molecule has 4 rings (SSSR count). The van der Waals surface area contributed by atoms with E-state index in [1.54, 1.807) is 6.07 Å². The highest BCUT2D eigenvalue weighted by Crippen LogP contribution is 2.22. The number of H-pyrrole nitrogens is 1. The number of pyridine rings is 1. The van der Waals surface area contributed by atoms with Crippen LogP contribution < -0.4 is 10.9 Å². The van der Waals surface area contributed by atoms with Crippen LogP contribution in [-0.2, 0) is 19.5 Å². The van der Waals surface area contributed by atoms with E-state index in [9.17, 15) is 18.8 Å². The normalized spacial score (nSPS) is 13.1. The van der Waals surface area contributed by atoms with Crippen LogP contribution in [0, 0.1) is 12.7 Å². The molecule has 0 fully saturated rings. The summed E-state index contributed by atoms with van der Waals surface area (Å²) < 4.78 is 14.0. The molecule has 0 radical (unpaired) electrons. The molecular formula is C21H19FN4O3S. The highest BCUT2D eigenvalue weighted by atomic mass is 32.1. The summed E-state index contributed by atoms with van der Waals surface area (Å²) in [6.07, 6.45) is 1.84. The number of halogens is 1. The molecular weight excluding hydrogens is 407 g/mol. The molecule has 2 N–H and O–H groups in total. The number of carbonyl (C=O) groups is 2. The third-order valence-electron chi connectivity index (χ3n) is 5.00.